The zero-order chi connectivity index (χ0) is 15.9. The number of aromatic amines is 1. The molecule has 2 rings (SSSR count). The molecule has 0 radical (unpaired) electrons. The van der Waals surface area contributed by atoms with Gasteiger partial charge >= 0.3 is 0 Å². The van der Waals surface area contributed by atoms with Crippen LogP contribution in [0.2, 0.25) is 0 Å². The van der Waals surface area contributed by atoms with Crippen LogP contribution in [-0.4, -0.2) is 33.5 Å². The summed E-state index contributed by atoms with van der Waals surface area (Å²) in [5, 5.41) is 12.3. The predicted molar refractivity (Wildman–Crippen MR) is 82.5 cm³/mol. The van der Waals surface area contributed by atoms with E-state index in [2.05, 4.69) is 25.8 Å². The molecule has 7 nitrogen and oxygen atoms in total. The lowest BCUT2D eigenvalue weighted by Gasteiger charge is -2.06. The van der Waals surface area contributed by atoms with Crippen molar-refractivity contribution < 1.29 is 9.59 Å². The number of hydrogen-bond acceptors (Lipinski definition) is 4. The summed E-state index contributed by atoms with van der Waals surface area (Å²) in [5.41, 5.74) is 1.23. The average Bonchev–Trinajstić information content (AvgIpc) is 2.89. The van der Waals surface area contributed by atoms with E-state index in [0.717, 1.165) is 18.1 Å². The lowest BCUT2D eigenvalue weighted by Crippen LogP contribution is -2.24. The van der Waals surface area contributed by atoms with Crippen molar-refractivity contribution in [2.24, 2.45) is 0 Å². The van der Waals surface area contributed by atoms with E-state index >= 15 is 0 Å². The van der Waals surface area contributed by atoms with Crippen LogP contribution in [0.3, 0.4) is 0 Å². The minimum Gasteiger partial charge on any atom is -0.352 e. The summed E-state index contributed by atoms with van der Waals surface area (Å²) in [6.07, 6.45) is 1.49. The zero-order valence-corrected chi connectivity index (χ0v) is 12.6. The molecule has 1 aromatic heterocycles. The van der Waals surface area contributed by atoms with E-state index in [1.165, 1.54) is 6.92 Å². The SMILES string of the molecule is CC(=O)Nc1ccc(C(=O)NCCCc2n[nH]c(C)n2)cc1. The molecule has 0 unspecified atom stereocenters. The Bertz CT molecular complexity index is 648. The quantitative estimate of drug-likeness (QED) is 0.703. The standard InChI is InChI=1S/C15H19N5O2/c1-10-17-14(20-19-10)4-3-9-16-15(22)12-5-7-13(8-6-12)18-11(2)21/h5-8H,3-4,9H2,1-2H3,(H,16,22)(H,18,21)(H,17,19,20). The molecule has 0 bridgehead atoms. The molecular formula is C15H19N5O2. The van der Waals surface area contributed by atoms with Crippen LogP contribution in [0.25, 0.3) is 0 Å². The van der Waals surface area contributed by atoms with Crippen molar-refractivity contribution in [1.82, 2.24) is 20.5 Å². The average molecular weight is 301 g/mol. The molecule has 3 N–H and O–H groups in total. The molecule has 2 amide bonds. The van der Waals surface area contributed by atoms with E-state index in [1.807, 2.05) is 6.92 Å². The van der Waals surface area contributed by atoms with Crippen molar-refractivity contribution in [1.29, 1.82) is 0 Å². The number of H-pyrrole nitrogens is 1. The molecule has 7 heteroatoms. The molecule has 0 saturated heterocycles. The van der Waals surface area contributed by atoms with E-state index < -0.39 is 0 Å². The van der Waals surface area contributed by atoms with Crippen LogP contribution >= 0.6 is 0 Å². The van der Waals surface area contributed by atoms with Crippen molar-refractivity contribution >= 4 is 17.5 Å². The van der Waals surface area contributed by atoms with Gasteiger partial charge in [-0.15, -0.1) is 0 Å². The van der Waals surface area contributed by atoms with Crippen LogP contribution in [-0.2, 0) is 11.2 Å². The number of hydrogen-bond donors (Lipinski definition) is 3. The van der Waals surface area contributed by atoms with Gasteiger partial charge in [-0.3, -0.25) is 14.7 Å². The van der Waals surface area contributed by atoms with Crippen molar-refractivity contribution in [2.75, 3.05) is 11.9 Å². The van der Waals surface area contributed by atoms with Crippen molar-refractivity contribution in [3.05, 3.63) is 41.5 Å². The number of carbonyl (C=O) groups excluding carboxylic acids is 2. The fourth-order valence-electron chi connectivity index (χ4n) is 1.96. The second kappa shape index (κ2) is 7.35. The van der Waals surface area contributed by atoms with Gasteiger partial charge in [-0.25, -0.2) is 4.98 Å². The van der Waals surface area contributed by atoms with E-state index in [-0.39, 0.29) is 11.8 Å². The topological polar surface area (TPSA) is 99.8 Å². The number of carbonyl (C=O) groups is 2. The van der Waals surface area contributed by atoms with Crippen LogP contribution in [0.5, 0.6) is 0 Å². The molecule has 116 valence electrons. The lowest BCUT2D eigenvalue weighted by atomic mass is 10.2. The molecule has 1 heterocycles. The number of anilines is 1. The summed E-state index contributed by atoms with van der Waals surface area (Å²) >= 11 is 0. The van der Waals surface area contributed by atoms with Crippen LogP contribution < -0.4 is 10.6 Å². The normalized spacial score (nSPS) is 10.3. The first-order valence-corrected chi connectivity index (χ1v) is 7.08. The molecule has 0 aliphatic rings. The molecule has 0 aliphatic heterocycles. The van der Waals surface area contributed by atoms with E-state index in [0.29, 0.717) is 24.2 Å². The largest absolute Gasteiger partial charge is 0.352 e. The zero-order valence-electron chi connectivity index (χ0n) is 12.6. The highest BCUT2D eigenvalue weighted by Gasteiger charge is 2.06. The third-order valence-electron chi connectivity index (χ3n) is 2.97. The van der Waals surface area contributed by atoms with Crippen LogP contribution in [0, 0.1) is 6.92 Å². The fourth-order valence-corrected chi connectivity index (χ4v) is 1.96. The number of nitrogens with one attached hydrogen (secondary N) is 3. The van der Waals surface area contributed by atoms with E-state index in [4.69, 9.17) is 0 Å². The Morgan fingerprint density at radius 1 is 1.23 bits per heavy atom. The second-order valence-electron chi connectivity index (χ2n) is 4.96. The van der Waals surface area contributed by atoms with Gasteiger partial charge in [-0.05, 0) is 37.6 Å². The minimum absolute atomic E-state index is 0.138. The maximum Gasteiger partial charge on any atom is 0.251 e. The number of benzene rings is 1. The molecule has 1 aromatic carbocycles. The maximum atomic E-state index is 12.0. The molecule has 0 aliphatic carbocycles. The number of aromatic nitrogens is 3. The van der Waals surface area contributed by atoms with Crippen LogP contribution in [0.1, 0.15) is 35.4 Å². The number of nitrogens with zero attached hydrogens (tertiary/aromatic N) is 2. The van der Waals surface area contributed by atoms with Gasteiger partial charge in [0.25, 0.3) is 5.91 Å². The van der Waals surface area contributed by atoms with Gasteiger partial charge in [0, 0.05) is 31.1 Å². The van der Waals surface area contributed by atoms with Crippen molar-refractivity contribution in [2.45, 2.75) is 26.7 Å². The Hall–Kier alpha value is -2.70. The summed E-state index contributed by atoms with van der Waals surface area (Å²) in [6.45, 7) is 3.85. The second-order valence-corrected chi connectivity index (χ2v) is 4.96. The molecule has 0 saturated carbocycles. The highest BCUT2D eigenvalue weighted by atomic mass is 16.2. The third-order valence-corrected chi connectivity index (χ3v) is 2.97. The Morgan fingerprint density at radius 3 is 2.55 bits per heavy atom. The van der Waals surface area contributed by atoms with E-state index in [1.54, 1.807) is 24.3 Å². The van der Waals surface area contributed by atoms with E-state index in [9.17, 15) is 9.59 Å². The highest BCUT2D eigenvalue weighted by molar-refractivity contribution is 5.95. The Labute approximate surface area is 128 Å². The summed E-state index contributed by atoms with van der Waals surface area (Å²) in [7, 11) is 0. The molecule has 22 heavy (non-hydrogen) atoms. The first-order chi connectivity index (χ1) is 10.5. The van der Waals surface area contributed by atoms with Gasteiger partial charge in [0.1, 0.15) is 5.82 Å². The Balaban J connectivity index is 1.75. The summed E-state index contributed by atoms with van der Waals surface area (Å²) in [6, 6.07) is 6.76. The van der Waals surface area contributed by atoms with Gasteiger partial charge in [-0.1, -0.05) is 0 Å². The number of aryl methyl sites for hydroxylation is 2. The predicted octanol–water partition coefficient (Wildman–Crippen LogP) is 1.43. The molecule has 0 fully saturated rings. The Morgan fingerprint density at radius 2 is 1.95 bits per heavy atom. The fraction of sp³-hybridized carbons (Fsp3) is 0.333. The molecule has 0 atom stereocenters. The molecule has 0 spiro atoms. The number of amides is 2. The number of rotatable bonds is 6. The van der Waals surface area contributed by atoms with Crippen LogP contribution in [0.15, 0.2) is 24.3 Å². The smallest absolute Gasteiger partial charge is 0.251 e. The molecule has 2 aromatic rings. The summed E-state index contributed by atoms with van der Waals surface area (Å²) < 4.78 is 0. The minimum atomic E-state index is -0.139. The first-order valence-electron chi connectivity index (χ1n) is 7.08. The molecular weight excluding hydrogens is 282 g/mol. The summed E-state index contributed by atoms with van der Waals surface area (Å²) in [4.78, 5) is 27.1. The highest BCUT2D eigenvalue weighted by Crippen LogP contribution is 2.09. The van der Waals surface area contributed by atoms with Gasteiger partial charge < -0.3 is 10.6 Å². The van der Waals surface area contributed by atoms with Crippen molar-refractivity contribution in [3.63, 3.8) is 0 Å². The van der Waals surface area contributed by atoms with Gasteiger partial charge in [0.15, 0.2) is 5.82 Å². The first kappa shape index (κ1) is 15.7. The van der Waals surface area contributed by atoms with Crippen molar-refractivity contribution in [3.8, 4) is 0 Å². The monoisotopic (exact) mass is 301 g/mol. The third kappa shape index (κ3) is 4.69. The van der Waals surface area contributed by atoms with Crippen LogP contribution in [0.4, 0.5) is 5.69 Å². The Kier molecular flexibility index (Phi) is 5.24. The van der Waals surface area contributed by atoms with Gasteiger partial charge in [0.2, 0.25) is 5.91 Å². The maximum absolute atomic E-state index is 12.0. The van der Waals surface area contributed by atoms with Gasteiger partial charge in [0.05, 0.1) is 0 Å². The van der Waals surface area contributed by atoms with Gasteiger partial charge in [-0.2, -0.15) is 5.10 Å². The lowest BCUT2D eigenvalue weighted by molar-refractivity contribution is -0.114. The summed E-state index contributed by atoms with van der Waals surface area (Å²) in [5.74, 6) is 1.27.